The summed E-state index contributed by atoms with van der Waals surface area (Å²) in [5.41, 5.74) is 1.78. The molecule has 0 amide bonds. The summed E-state index contributed by atoms with van der Waals surface area (Å²) in [5, 5.41) is 0. The molecule has 0 heterocycles. The molecule has 0 saturated heterocycles. The van der Waals surface area contributed by atoms with Gasteiger partial charge in [-0.3, -0.25) is 4.79 Å². The molecule has 0 bridgehead atoms. The average molecular weight is 461 g/mol. The lowest BCUT2D eigenvalue weighted by Gasteiger charge is -2.17. The van der Waals surface area contributed by atoms with Gasteiger partial charge in [-0.25, -0.2) is 0 Å². The Balaban J connectivity index is 2.03. The molecule has 0 unspecified atom stereocenters. The molecular weight excluding hydrogens is 437 g/mol. The third-order valence-corrected chi connectivity index (χ3v) is 5.84. The van der Waals surface area contributed by atoms with Crippen molar-refractivity contribution in [2.75, 3.05) is 13.7 Å². The van der Waals surface area contributed by atoms with Crippen molar-refractivity contribution >= 4 is 17.7 Å². The molecule has 3 nitrogen and oxygen atoms in total. The highest BCUT2D eigenvalue weighted by molar-refractivity contribution is 7.98. The van der Waals surface area contributed by atoms with Crippen LogP contribution in [0.15, 0.2) is 71.6 Å². The van der Waals surface area contributed by atoms with E-state index >= 15 is 0 Å². The fraction of sp³-hybridized carbons (Fsp3) is 0.240. The lowest BCUT2D eigenvalue weighted by Crippen LogP contribution is -2.08. The molecular formula is C25H23F3O3S. The van der Waals surface area contributed by atoms with Gasteiger partial charge in [-0.1, -0.05) is 30.3 Å². The van der Waals surface area contributed by atoms with Gasteiger partial charge in [0.25, 0.3) is 0 Å². The summed E-state index contributed by atoms with van der Waals surface area (Å²) in [5.74, 6) is 0.494. The number of carbonyl (C=O) groups excluding carboxylic acids is 1. The second kappa shape index (κ2) is 10.6. The maximum Gasteiger partial charge on any atom is 0.416 e. The first-order valence-electron chi connectivity index (χ1n) is 10.0. The lowest BCUT2D eigenvalue weighted by atomic mass is 9.95. The van der Waals surface area contributed by atoms with Crippen molar-refractivity contribution in [3.63, 3.8) is 0 Å². The van der Waals surface area contributed by atoms with Crippen molar-refractivity contribution in [3.05, 3.63) is 83.4 Å². The normalized spacial score (nSPS) is 11.3. The zero-order valence-electron chi connectivity index (χ0n) is 17.7. The number of thioether (sulfide) groups is 1. The van der Waals surface area contributed by atoms with Crippen molar-refractivity contribution in [1.82, 2.24) is 0 Å². The fourth-order valence-corrected chi connectivity index (χ4v) is 4.19. The molecule has 0 atom stereocenters. The smallest absolute Gasteiger partial charge is 0.416 e. The van der Waals surface area contributed by atoms with Gasteiger partial charge in [-0.15, -0.1) is 11.8 Å². The van der Waals surface area contributed by atoms with Crippen molar-refractivity contribution in [1.29, 1.82) is 0 Å². The molecule has 7 heteroatoms. The van der Waals surface area contributed by atoms with Crippen molar-refractivity contribution in [3.8, 4) is 16.9 Å². The first-order valence-corrected chi connectivity index (χ1v) is 11.0. The van der Waals surface area contributed by atoms with Crippen LogP contribution in [0.5, 0.6) is 5.75 Å². The highest BCUT2D eigenvalue weighted by Gasteiger charge is 2.31. The van der Waals surface area contributed by atoms with Crippen LogP contribution in [0.1, 0.15) is 23.6 Å². The quantitative estimate of drug-likeness (QED) is 0.274. The predicted octanol–water partition coefficient (Wildman–Crippen LogP) is 6.78. The van der Waals surface area contributed by atoms with Crippen LogP contribution in [-0.4, -0.2) is 19.7 Å². The van der Waals surface area contributed by atoms with Crippen molar-refractivity contribution < 1.29 is 27.4 Å². The van der Waals surface area contributed by atoms with Crippen LogP contribution in [0.3, 0.4) is 0 Å². The first kappa shape index (κ1) is 23.7. The molecule has 0 N–H and O–H groups in total. The molecule has 0 fully saturated rings. The van der Waals surface area contributed by atoms with Gasteiger partial charge in [0.1, 0.15) is 5.75 Å². The Morgan fingerprint density at radius 3 is 2.38 bits per heavy atom. The van der Waals surface area contributed by atoms with Crippen LogP contribution in [0, 0.1) is 0 Å². The molecule has 3 rings (SSSR count). The van der Waals surface area contributed by atoms with E-state index in [0.29, 0.717) is 33.8 Å². The maximum absolute atomic E-state index is 13.4. The number of benzene rings is 3. The summed E-state index contributed by atoms with van der Waals surface area (Å²) in [4.78, 5) is 12.9. The Hall–Kier alpha value is -2.93. The maximum atomic E-state index is 13.4. The zero-order chi connectivity index (χ0) is 23.1. The summed E-state index contributed by atoms with van der Waals surface area (Å²) in [6, 6.07) is 18.5. The molecule has 0 saturated carbocycles. The van der Waals surface area contributed by atoms with E-state index in [1.807, 2.05) is 30.3 Å². The van der Waals surface area contributed by atoms with Crippen LogP contribution >= 0.6 is 11.8 Å². The molecule has 0 aliphatic carbocycles. The molecule has 32 heavy (non-hydrogen) atoms. The summed E-state index contributed by atoms with van der Waals surface area (Å²) >= 11 is 1.45. The number of esters is 1. The Morgan fingerprint density at radius 2 is 1.72 bits per heavy atom. The van der Waals surface area contributed by atoms with Gasteiger partial charge in [0.05, 0.1) is 25.7 Å². The van der Waals surface area contributed by atoms with Crippen molar-refractivity contribution in [2.24, 2.45) is 0 Å². The molecule has 0 aliphatic heterocycles. The minimum Gasteiger partial charge on any atom is -0.496 e. The molecule has 0 radical (unpaired) electrons. The minimum absolute atomic E-state index is 0.0690. The number of ether oxygens (including phenoxy) is 2. The summed E-state index contributed by atoms with van der Waals surface area (Å²) in [6.45, 7) is 2.01. The van der Waals surface area contributed by atoms with E-state index in [0.717, 1.165) is 11.0 Å². The number of hydrogen-bond donors (Lipinski definition) is 0. The van der Waals surface area contributed by atoms with E-state index in [4.69, 9.17) is 9.47 Å². The van der Waals surface area contributed by atoms with Crippen molar-refractivity contribution in [2.45, 2.75) is 30.2 Å². The van der Waals surface area contributed by atoms with E-state index in [-0.39, 0.29) is 19.0 Å². The number of halogens is 3. The predicted molar refractivity (Wildman–Crippen MR) is 120 cm³/mol. The average Bonchev–Trinajstić information content (AvgIpc) is 2.77. The number of rotatable bonds is 8. The van der Waals surface area contributed by atoms with Crippen LogP contribution in [-0.2, 0) is 27.9 Å². The highest BCUT2D eigenvalue weighted by atomic mass is 32.2. The first-order chi connectivity index (χ1) is 15.3. The van der Waals surface area contributed by atoms with E-state index in [1.165, 1.54) is 31.0 Å². The van der Waals surface area contributed by atoms with Gasteiger partial charge in [0, 0.05) is 16.2 Å². The van der Waals surface area contributed by atoms with E-state index in [1.54, 1.807) is 25.1 Å². The largest absolute Gasteiger partial charge is 0.496 e. The van der Waals surface area contributed by atoms with Crippen LogP contribution < -0.4 is 4.74 Å². The topological polar surface area (TPSA) is 35.5 Å². The monoisotopic (exact) mass is 460 g/mol. The van der Waals surface area contributed by atoms with Gasteiger partial charge >= 0.3 is 12.1 Å². The Kier molecular flexibility index (Phi) is 7.85. The third kappa shape index (κ3) is 6.07. The van der Waals surface area contributed by atoms with Crippen LogP contribution in [0.25, 0.3) is 11.1 Å². The third-order valence-electron chi connectivity index (χ3n) is 4.78. The summed E-state index contributed by atoms with van der Waals surface area (Å²) in [6.07, 6.45) is -4.37. The Bertz CT molecular complexity index is 1070. The van der Waals surface area contributed by atoms with E-state index in [9.17, 15) is 18.0 Å². The lowest BCUT2D eigenvalue weighted by molar-refractivity contribution is -0.142. The molecule has 3 aromatic carbocycles. The van der Waals surface area contributed by atoms with Gasteiger partial charge in [0.2, 0.25) is 0 Å². The summed E-state index contributed by atoms with van der Waals surface area (Å²) in [7, 11) is 1.51. The SMILES string of the molecule is CCOC(=O)Cc1ccc(OC)c(-c2ccc(C(F)(F)F)cc2CSc2ccccc2)c1. The second-order valence-electron chi connectivity index (χ2n) is 6.99. The van der Waals surface area contributed by atoms with Gasteiger partial charge in [-0.05, 0) is 60.0 Å². The number of hydrogen-bond acceptors (Lipinski definition) is 4. The second-order valence-corrected chi connectivity index (χ2v) is 8.04. The molecule has 0 aliphatic rings. The van der Waals surface area contributed by atoms with Crippen LogP contribution in [0.4, 0.5) is 13.2 Å². The Labute approximate surface area is 189 Å². The Morgan fingerprint density at radius 1 is 0.969 bits per heavy atom. The minimum atomic E-state index is -4.44. The van der Waals surface area contributed by atoms with Crippen LogP contribution in [0.2, 0.25) is 0 Å². The summed E-state index contributed by atoms with van der Waals surface area (Å²) < 4.78 is 50.7. The highest BCUT2D eigenvalue weighted by Crippen LogP contribution is 2.39. The molecule has 3 aromatic rings. The number of carbonyl (C=O) groups is 1. The van der Waals surface area contributed by atoms with E-state index in [2.05, 4.69) is 0 Å². The van der Waals surface area contributed by atoms with Gasteiger partial charge in [0.15, 0.2) is 0 Å². The van der Waals surface area contributed by atoms with E-state index < -0.39 is 11.7 Å². The van der Waals surface area contributed by atoms with Gasteiger partial charge < -0.3 is 9.47 Å². The fourth-order valence-electron chi connectivity index (χ4n) is 3.28. The molecule has 0 spiro atoms. The number of alkyl halides is 3. The standard InChI is InChI=1S/C25H23F3O3S/c1-3-31-24(29)14-17-9-12-23(30-2)22(13-17)21-11-10-19(25(26,27)28)15-18(21)16-32-20-7-5-4-6-8-20/h4-13,15H,3,14,16H2,1-2H3. The van der Waals surface area contributed by atoms with Gasteiger partial charge in [-0.2, -0.15) is 13.2 Å². The molecule has 0 aromatic heterocycles. The number of methoxy groups -OCH3 is 1. The zero-order valence-corrected chi connectivity index (χ0v) is 18.6. The molecule has 168 valence electrons.